The van der Waals surface area contributed by atoms with E-state index in [4.69, 9.17) is 4.52 Å². The van der Waals surface area contributed by atoms with Gasteiger partial charge in [-0.2, -0.15) is 5.10 Å². The monoisotopic (exact) mass is 317 g/mol. The third-order valence-corrected chi connectivity index (χ3v) is 4.22. The normalized spacial score (nSPS) is 19.2. The first kappa shape index (κ1) is 15.7. The molecule has 0 aliphatic carbocycles. The minimum Gasteiger partial charge on any atom is -0.338 e. The van der Waals surface area contributed by atoms with Crippen LogP contribution in [0, 0.1) is 0 Å². The summed E-state index contributed by atoms with van der Waals surface area (Å²) in [5.41, 5.74) is 1.99. The predicted molar refractivity (Wildman–Crippen MR) is 86.2 cm³/mol. The minimum absolute atomic E-state index is 0.0679. The molecule has 2 aromatic rings. The molecular weight excluding hydrogens is 294 g/mol. The van der Waals surface area contributed by atoms with Gasteiger partial charge in [-0.25, -0.2) is 0 Å². The van der Waals surface area contributed by atoms with E-state index in [1.54, 1.807) is 12.3 Å². The Hall–Kier alpha value is -2.15. The highest BCUT2D eigenvalue weighted by Gasteiger charge is 2.24. The standard InChI is InChI=1S/C16H23N5O2/c1-11(2)14-8-16(23-20-14)18-15(22)10-21-7-3-4-12(9-21)13-5-6-17-19-13/h5-6,8,11-12H,3-4,7,9-10H2,1-2H3,(H,17,19)(H,18,22). The van der Waals surface area contributed by atoms with Crippen molar-refractivity contribution >= 4 is 11.8 Å². The quantitative estimate of drug-likeness (QED) is 0.884. The average Bonchev–Trinajstić information content (AvgIpc) is 3.18. The van der Waals surface area contributed by atoms with Gasteiger partial charge in [-0.05, 0) is 31.4 Å². The van der Waals surface area contributed by atoms with Gasteiger partial charge in [0, 0.05) is 30.4 Å². The van der Waals surface area contributed by atoms with E-state index in [0.29, 0.717) is 18.3 Å². The van der Waals surface area contributed by atoms with Crippen molar-refractivity contribution in [1.82, 2.24) is 20.3 Å². The Balaban J connectivity index is 1.52. The van der Waals surface area contributed by atoms with Crippen LogP contribution in [-0.4, -0.2) is 45.8 Å². The third kappa shape index (κ3) is 3.98. The molecule has 23 heavy (non-hydrogen) atoms. The van der Waals surface area contributed by atoms with E-state index in [1.807, 2.05) is 19.9 Å². The topological polar surface area (TPSA) is 87.0 Å². The van der Waals surface area contributed by atoms with E-state index < -0.39 is 0 Å². The highest BCUT2D eigenvalue weighted by molar-refractivity contribution is 5.91. The summed E-state index contributed by atoms with van der Waals surface area (Å²) in [6, 6.07) is 3.79. The summed E-state index contributed by atoms with van der Waals surface area (Å²) in [6.45, 7) is 6.23. The molecule has 124 valence electrons. The molecule has 0 aromatic carbocycles. The summed E-state index contributed by atoms with van der Waals surface area (Å²) in [6.07, 6.45) is 3.98. The number of rotatable bonds is 5. The summed E-state index contributed by atoms with van der Waals surface area (Å²) >= 11 is 0. The number of nitrogens with one attached hydrogen (secondary N) is 2. The van der Waals surface area contributed by atoms with Crippen LogP contribution in [0.5, 0.6) is 0 Å². The highest BCUT2D eigenvalue weighted by Crippen LogP contribution is 2.25. The lowest BCUT2D eigenvalue weighted by atomic mass is 9.95. The van der Waals surface area contributed by atoms with Crippen LogP contribution < -0.4 is 5.32 Å². The van der Waals surface area contributed by atoms with Gasteiger partial charge in [0.25, 0.3) is 0 Å². The molecule has 1 amide bonds. The number of anilines is 1. The number of likely N-dealkylation sites (tertiary alicyclic amines) is 1. The van der Waals surface area contributed by atoms with Crippen LogP contribution >= 0.6 is 0 Å². The van der Waals surface area contributed by atoms with Crippen molar-refractivity contribution in [2.24, 2.45) is 0 Å². The molecule has 2 aromatic heterocycles. The van der Waals surface area contributed by atoms with E-state index in [0.717, 1.165) is 37.3 Å². The molecule has 0 radical (unpaired) electrons. The van der Waals surface area contributed by atoms with E-state index >= 15 is 0 Å². The van der Waals surface area contributed by atoms with Crippen LogP contribution in [0.1, 0.15) is 49.9 Å². The number of carbonyl (C=O) groups is 1. The molecule has 7 heteroatoms. The molecule has 3 rings (SSSR count). The van der Waals surface area contributed by atoms with Gasteiger partial charge in [-0.3, -0.25) is 20.1 Å². The third-order valence-electron chi connectivity index (χ3n) is 4.22. The number of piperidine rings is 1. The Bertz CT molecular complexity index is 635. The second-order valence-corrected chi connectivity index (χ2v) is 6.41. The van der Waals surface area contributed by atoms with Gasteiger partial charge in [0.2, 0.25) is 11.8 Å². The Morgan fingerprint density at radius 3 is 3.13 bits per heavy atom. The molecule has 1 aliphatic heterocycles. The first-order chi connectivity index (χ1) is 11.1. The van der Waals surface area contributed by atoms with Crippen molar-refractivity contribution < 1.29 is 9.32 Å². The van der Waals surface area contributed by atoms with Gasteiger partial charge < -0.3 is 4.52 Å². The summed E-state index contributed by atoms with van der Waals surface area (Å²) in [4.78, 5) is 14.4. The van der Waals surface area contributed by atoms with Crippen molar-refractivity contribution in [2.45, 2.75) is 38.5 Å². The van der Waals surface area contributed by atoms with Crippen LogP contribution in [0.25, 0.3) is 0 Å². The second kappa shape index (κ2) is 6.95. The van der Waals surface area contributed by atoms with Gasteiger partial charge in [-0.1, -0.05) is 19.0 Å². The SMILES string of the molecule is CC(C)c1cc(NC(=O)CN2CCCC(c3ccn[nH]3)C2)on1. The fourth-order valence-corrected chi connectivity index (χ4v) is 2.95. The zero-order valence-electron chi connectivity index (χ0n) is 13.6. The van der Waals surface area contributed by atoms with Crippen molar-refractivity contribution in [3.63, 3.8) is 0 Å². The molecule has 0 spiro atoms. The number of hydrogen-bond donors (Lipinski definition) is 2. The number of aromatic amines is 1. The van der Waals surface area contributed by atoms with Gasteiger partial charge in [0.15, 0.2) is 0 Å². The molecule has 3 heterocycles. The number of carbonyl (C=O) groups excluding carboxylic acids is 1. The summed E-state index contributed by atoms with van der Waals surface area (Å²) in [5, 5.41) is 13.8. The fraction of sp³-hybridized carbons (Fsp3) is 0.562. The van der Waals surface area contributed by atoms with Crippen molar-refractivity contribution in [1.29, 1.82) is 0 Å². The van der Waals surface area contributed by atoms with Crippen LogP contribution in [0.4, 0.5) is 5.88 Å². The molecule has 0 saturated carbocycles. The average molecular weight is 317 g/mol. The van der Waals surface area contributed by atoms with Crippen LogP contribution in [0.3, 0.4) is 0 Å². The highest BCUT2D eigenvalue weighted by atomic mass is 16.5. The number of H-pyrrole nitrogens is 1. The summed E-state index contributed by atoms with van der Waals surface area (Å²) < 4.78 is 5.15. The van der Waals surface area contributed by atoms with Crippen molar-refractivity contribution in [2.75, 3.05) is 25.0 Å². The van der Waals surface area contributed by atoms with E-state index in [2.05, 4.69) is 25.6 Å². The maximum atomic E-state index is 12.2. The molecule has 1 saturated heterocycles. The zero-order chi connectivity index (χ0) is 16.2. The van der Waals surface area contributed by atoms with Crippen molar-refractivity contribution in [3.05, 3.63) is 29.7 Å². The molecular formula is C16H23N5O2. The molecule has 2 N–H and O–H groups in total. The lowest BCUT2D eigenvalue weighted by molar-refractivity contribution is -0.117. The Morgan fingerprint density at radius 2 is 2.43 bits per heavy atom. The minimum atomic E-state index is -0.0679. The number of amides is 1. The molecule has 0 bridgehead atoms. The maximum absolute atomic E-state index is 12.2. The summed E-state index contributed by atoms with van der Waals surface area (Å²) in [7, 11) is 0. The van der Waals surface area contributed by atoms with Gasteiger partial charge in [0.1, 0.15) is 0 Å². The van der Waals surface area contributed by atoms with Gasteiger partial charge in [-0.15, -0.1) is 0 Å². The molecule has 7 nitrogen and oxygen atoms in total. The molecule has 1 atom stereocenters. The van der Waals surface area contributed by atoms with Gasteiger partial charge in [0.05, 0.1) is 12.2 Å². The van der Waals surface area contributed by atoms with Crippen LogP contribution in [0.15, 0.2) is 22.9 Å². The van der Waals surface area contributed by atoms with Crippen molar-refractivity contribution in [3.8, 4) is 0 Å². The smallest absolute Gasteiger partial charge is 0.240 e. The maximum Gasteiger partial charge on any atom is 0.240 e. The lowest BCUT2D eigenvalue weighted by Gasteiger charge is -2.31. The van der Waals surface area contributed by atoms with Crippen LogP contribution in [-0.2, 0) is 4.79 Å². The Labute approximate surface area is 135 Å². The molecule has 1 fully saturated rings. The lowest BCUT2D eigenvalue weighted by Crippen LogP contribution is -2.39. The number of hydrogen-bond acceptors (Lipinski definition) is 5. The number of nitrogens with zero attached hydrogens (tertiary/aromatic N) is 3. The largest absolute Gasteiger partial charge is 0.338 e. The summed E-state index contributed by atoms with van der Waals surface area (Å²) in [5.74, 6) is 1.04. The van der Waals surface area contributed by atoms with E-state index in [9.17, 15) is 4.79 Å². The van der Waals surface area contributed by atoms with Gasteiger partial charge >= 0.3 is 0 Å². The first-order valence-electron chi connectivity index (χ1n) is 8.10. The Kier molecular flexibility index (Phi) is 4.76. The molecule has 1 aliphatic rings. The van der Waals surface area contributed by atoms with E-state index in [-0.39, 0.29) is 11.8 Å². The Morgan fingerprint density at radius 1 is 1.57 bits per heavy atom. The van der Waals surface area contributed by atoms with E-state index in [1.165, 1.54) is 0 Å². The number of aromatic nitrogens is 3. The first-order valence-corrected chi connectivity index (χ1v) is 8.10. The zero-order valence-corrected chi connectivity index (χ0v) is 13.6. The fourth-order valence-electron chi connectivity index (χ4n) is 2.95. The second-order valence-electron chi connectivity index (χ2n) is 6.41. The predicted octanol–water partition coefficient (Wildman–Crippen LogP) is 2.34. The molecule has 1 unspecified atom stereocenters. The van der Waals surface area contributed by atoms with Crippen LogP contribution in [0.2, 0.25) is 0 Å².